The van der Waals surface area contributed by atoms with Crippen molar-refractivity contribution in [2.24, 2.45) is 5.41 Å². The van der Waals surface area contributed by atoms with Crippen molar-refractivity contribution < 1.29 is 14.0 Å². The lowest BCUT2D eigenvalue weighted by Gasteiger charge is -2.25. The molecule has 0 radical (unpaired) electrons. The first-order valence-corrected chi connectivity index (χ1v) is 6.78. The molecule has 0 aromatic carbocycles. The van der Waals surface area contributed by atoms with Gasteiger partial charge in [0.1, 0.15) is 0 Å². The second kappa shape index (κ2) is 4.96. The highest BCUT2D eigenvalue weighted by atomic mass is 31.2. The summed E-state index contributed by atoms with van der Waals surface area (Å²) < 4.78 is 16.6. The van der Waals surface area contributed by atoms with Crippen molar-refractivity contribution in [2.45, 2.75) is 53.6 Å². The predicted octanol–water partition coefficient (Wildman–Crippen LogP) is 2.93. The summed E-state index contributed by atoms with van der Waals surface area (Å²) in [5.74, 6) is 0. The molecule has 0 aliphatic carbocycles. The van der Waals surface area contributed by atoms with E-state index in [0.29, 0.717) is 6.54 Å². The van der Waals surface area contributed by atoms with Crippen LogP contribution < -0.4 is 5.09 Å². The minimum atomic E-state index is -3.65. The van der Waals surface area contributed by atoms with Gasteiger partial charge >= 0.3 is 7.75 Å². The summed E-state index contributed by atoms with van der Waals surface area (Å²) in [7, 11) is -3.65. The van der Waals surface area contributed by atoms with Crippen LogP contribution in [0, 0.1) is 5.41 Å². The van der Waals surface area contributed by atoms with E-state index >= 15 is 0 Å². The molecule has 0 aromatic heterocycles. The molecule has 4 nitrogen and oxygen atoms in total. The molecule has 1 unspecified atom stereocenters. The number of rotatable bonds is 4. The van der Waals surface area contributed by atoms with E-state index in [0.717, 1.165) is 6.42 Å². The molecule has 1 atom stereocenters. The van der Waals surface area contributed by atoms with Gasteiger partial charge in [-0.25, -0.2) is 9.65 Å². The van der Waals surface area contributed by atoms with E-state index in [4.69, 9.17) is 4.52 Å². The smallest absolute Gasteiger partial charge is 0.312 e. The van der Waals surface area contributed by atoms with Gasteiger partial charge in [-0.05, 0) is 32.6 Å². The normalized spacial score (nSPS) is 17.5. The quantitative estimate of drug-likeness (QED) is 0.738. The second-order valence-corrected chi connectivity index (χ2v) is 7.48. The summed E-state index contributed by atoms with van der Waals surface area (Å²) in [5.41, 5.74) is -0.465. The van der Waals surface area contributed by atoms with Gasteiger partial charge < -0.3 is 4.89 Å². The first-order valence-electron chi connectivity index (χ1n) is 5.20. The fourth-order valence-corrected chi connectivity index (χ4v) is 2.18. The Kier molecular flexibility index (Phi) is 5.00. The van der Waals surface area contributed by atoms with Crippen molar-refractivity contribution in [1.82, 2.24) is 5.09 Å². The van der Waals surface area contributed by atoms with Crippen LogP contribution in [-0.2, 0) is 9.09 Å². The molecule has 0 bridgehead atoms. The number of nitrogens with one attached hydrogen (secondary N) is 1. The molecule has 0 aliphatic rings. The standard InChI is InChI=1S/C10H24NO3P/c1-9(2,3)7-8-11-15(12,13)14-10(4,5)6/h7-8H2,1-6H3,(H2,11,12,13). The van der Waals surface area contributed by atoms with Crippen LogP contribution >= 0.6 is 7.75 Å². The monoisotopic (exact) mass is 237 g/mol. The van der Waals surface area contributed by atoms with E-state index in [1.54, 1.807) is 20.8 Å². The van der Waals surface area contributed by atoms with E-state index in [9.17, 15) is 9.46 Å². The second-order valence-electron chi connectivity index (χ2n) is 5.94. The zero-order valence-electron chi connectivity index (χ0n) is 10.6. The fourth-order valence-electron chi connectivity index (χ4n) is 0.976. The largest absolute Gasteiger partial charge is 0.403 e. The van der Waals surface area contributed by atoms with Gasteiger partial charge in [-0.2, -0.15) is 0 Å². The first kappa shape index (κ1) is 15.1. The molecule has 15 heavy (non-hydrogen) atoms. The highest BCUT2D eigenvalue weighted by molar-refractivity contribution is 7.50. The molecule has 0 saturated carbocycles. The van der Waals surface area contributed by atoms with Crippen LogP contribution in [0.3, 0.4) is 0 Å². The van der Waals surface area contributed by atoms with Gasteiger partial charge in [0.25, 0.3) is 0 Å². The van der Waals surface area contributed by atoms with Crippen molar-refractivity contribution in [2.75, 3.05) is 6.54 Å². The molecule has 0 aromatic rings. The maximum Gasteiger partial charge on any atom is 0.403 e. The Morgan fingerprint density at radius 1 is 1.20 bits per heavy atom. The summed E-state index contributed by atoms with van der Waals surface area (Å²) >= 11 is 0. The van der Waals surface area contributed by atoms with E-state index in [-0.39, 0.29) is 5.41 Å². The van der Waals surface area contributed by atoms with E-state index in [1.807, 2.05) is 0 Å². The Labute approximate surface area is 93.0 Å². The molecule has 0 rings (SSSR count). The SMILES string of the molecule is CC(C)(C)CCNP(=O)(O)OC(C)(C)C. The topological polar surface area (TPSA) is 58.6 Å². The van der Waals surface area contributed by atoms with Gasteiger partial charge in [-0.15, -0.1) is 0 Å². The summed E-state index contributed by atoms with van der Waals surface area (Å²) in [6, 6.07) is 0. The number of hydrogen-bond donors (Lipinski definition) is 2. The lowest BCUT2D eigenvalue weighted by atomic mass is 9.93. The molecule has 2 N–H and O–H groups in total. The maximum absolute atomic E-state index is 11.5. The molecule has 0 amide bonds. The molecular weight excluding hydrogens is 213 g/mol. The minimum Gasteiger partial charge on any atom is -0.312 e. The lowest BCUT2D eigenvalue weighted by molar-refractivity contribution is 0.106. The van der Waals surface area contributed by atoms with Crippen LogP contribution in [0.4, 0.5) is 0 Å². The summed E-state index contributed by atoms with van der Waals surface area (Å²) in [6.45, 7) is 12.0. The Balaban J connectivity index is 4.01. The van der Waals surface area contributed by atoms with Gasteiger partial charge in [-0.1, -0.05) is 20.8 Å². The lowest BCUT2D eigenvalue weighted by Crippen LogP contribution is -2.25. The molecule has 0 aliphatic heterocycles. The molecule has 5 heteroatoms. The zero-order valence-corrected chi connectivity index (χ0v) is 11.5. The summed E-state index contributed by atoms with van der Waals surface area (Å²) in [5, 5.41) is 2.56. The summed E-state index contributed by atoms with van der Waals surface area (Å²) in [6.07, 6.45) is 0.824. The maximum atomic E-state index is 11.5. The highest BCUT2D eigenvalue weighted by Crippen LogP contribution is 2.41. The molecular formula is C10H24NO3P. The Bertz CT molecular complexity index is 240. The fraction of sp³-hybridized carbons (Fsp3) is 1.00. The molecule has 0 fully saturated rings. The molecule has 0 heterocycles. The third-order valence-corrected chi connectivity index (χ3v) is 3.00. The summed E-state index contributed by atoms with van der Waals surface area (Å²) in [4.78, 5) is 9.47. The van der Waals surface area contributed by atoms with Crippen molar-refractivity contribution >= 4 is 7.75 Å². The third-order valence-electron chi connectivity index (χ3n) is 1.58. The predicted molar refractivity (Wildman–Crippen MR) is 62.7 cm³/mol. The van der Waals surface area contributed by atoms with E-state index in [2.05, 4.69) is 25.9 Å². The van der Waals surface area contributed by atoms with Gasteiger partial charge in [0.05, 0.1) is 5.60 Å². The Morgan fingerprint density at radius 3 is 2.00 bits per heavy atom. The number of hydrogen-bond acceptors (Lipinski definition) is 2. The van der Waals surface area contributed by atoms with Gasteiger partial charge in [0, 0.05) is 6.54 Å². The Hall–Kier alpha value is 0.110. The highest BCUT2D eigenvalue weighted by Gasteiger charge is 2.26. The molecule has 92 valence electrons. The van der Waals surface area contributed by atoms with Gasteiger partial charge in [0.15, 0.2) is 0 Å². The van der Waals surface area contributed by atoms with Crippen LogP contribution in [0.15, 0.2) is 0 Å². The van der Waals surface area contributed by atoms with Crippen LogP contribution in [0.25, 0.3) is 0 Å². The average molecular weight is 237 g/mol. The van der Waals surface area contributed by atoms with Crippen molar-refractivity contribution in [1.29, 1.82) is 0 Å². The molecule has 0 spiro atoms. The van der Waals surface area contributed by atoms with E-state index in [1.165, 1.54) is 0 Å². The van der Waals surface area contributed by atoms with Crippen LogP contribution in [-0.4, -0.2) is 17.0 Å². The zero-order chi connectivity index (χ0) is 12.3. The first-order chi connectivity index (χ1) is 6.41. The molecule has 0 saturated heterocycles. The minimum absolute atomic E-state index is 0.148. The average Bonchev–Trinajstić information content (AvgIpc) is 1.75. The van der Waals surface area contributed by atoms with E-state index < -0.39 is 13.3 Å². The van der Waals surface area contributed by atoms with Crippen molar-refractivity contribution in [3.63, 3.8) is 0 Å². The Morgan fingerprint density at radius 2 is 1.67 bits per heavy atom. The van der Waals surface area contributed by atoms with Gasteiger partial charge in [0.2, 0.25) is 0 Å². The third kappa shape index (κ3) is 10.4. The van der Waals surface area contributed by atoms with Gasteiger partial charge in [-0.3, -0.25) is 4.52 Å². The van der Waals surface area contributed by atoms with Crippen LogP contribution in [0.5, 0.6) is 0 Å². The van der Waals surface area contributed by atoms with Crippen LogP contribution in [0.2, 0.25) is 0 Å². The van der Waals surface area contributed by atoms with Crippen molar-refractivity contribution in [3.8, 4) is 0 Å². The van der Waals surface area contributed by atoms with Crippen LogP contribution in [0.1, 0.15) is 48.0 Å². The van der Waals surface area contributed by atoms with Crippen molar-refractivity contribution in [3.05, 3.63) is 0 Å².